The second-order valence-electron chi connectivity index (χ2n) is 12.0. The molecule has 5 aromatic rings. The van der Waals surface area contributed by atoms with Crippen molar-refractivity contribution in [1.82, 2.24) is 39.5 Å². The van der Waals surface area contributed by atoms with Crippen molar-refractivity contribution < 1.29 is 4.79 Å². The Kier molecular flexibility index (Phi) is 7.21. The number of imidazole rings is 1. The standard InChI is InChI=1S/C34H37N9O/c1-4-31(44)41-17-13-23(14-18-41)37-28-10-7-22-20-24(8-9-25(22)28)43-33(26-6-5-16-36-32(26)35)38-29-11-12-30(39-34(29)43)42-19-15-27(40-42)21(2)3/h4-6,8-9,11-12,15-16,19-21,23,28,37H,1,7,10,13-14,17-18H2,2-3H3,(H2,35,36). The highest BCUT2D eigenvalue weighted by Gasteiger charge is 2.29. The summed E-state index contributed by atoms with van der Waals surface area (Å²) in [6.07, 6.45) is 8.97. The van der Waals surface area contributed by atoms with Crippen LogP contribution in [0, 0.1) is 0 Å². The fourth-order valence-corrected chi connectivity index (χ4v) is 6.48. The van der Waals surface area contributed by atoms with Gasteiger partial charge in [-0.2, -0.15) is 5.10 Å². The van der Waals surface area contributed by atoms with E-state index in [0.717, 1.165) is 72.7 Å². The number of nitrogens with two attached hydrogens (primary N) is 1. The molecule has 0 saturated carbocycles. The topological polar surface area (TPSA) is 120 Å². The van der Waals surface area contributed by atoms with Crippen LogP contribution in [0.1, 0.15) is 61.9 Å². The highest BCUT2D eigenvalue weighted by Crippen LogP contribution is 2.36. The lowest BCUT2D eigenvalue weighted by molar-refractivity contribution is -0.127. The van der Waals surface area contributed by atoms with Crippen LogP contribution in [0.15, 0.2) is 73.6 Å². The fraction of sp³-hybridized carbons (Fsp3) is 0.324. The molecule has 5 heterocycles. The molecule has 4 aromatic heterocycles. The number of hydrogen-bond donors (Lipinski definition) is 2. The van der Waals surface area contributed by atoms with E-state index >= 15 is 0 Å². The largest absolute Gasteiger partial charge is 0.383 e. The van der Waals surface area contributed by atoms with Gasteiger partial charge in [0.15, 0.2) is 17.3 Å². The van der Waals surface area contributed by atoms with Gasteiger partial charge >= 0.3 is 0 Å². The first-order valence-electron chi connectivity index (χ1n) is 15.4. The maximum Gasteiger partial charge on any atom is 0.245 e. The fourth-order valence-electron chi connectivity index (χ4n) is 6.48. The van der Waals surface area contributed by atoms with Crippen LogP contribution >= 0.6 is 0 Å². The predicted molar refractivity (Wildman–Crippen MR) is 172 cm³/mol. The third-order valence-electron chi connectivity index (χ3n) is 8.89. The summed E-state index contributed by atoms with van der Waals surface area (Å²) in [4.78, 5) is 28.3. The van der Waals surface area contributed by atoms with Gasteiger partial charge in [0.25, 0.3) is 0 Å². The Labute approximate surface area is 256 Å². The van der Waals surface area contributed by atoms with Gasteiger partial charge in [0.1, 0.15) is 11.3 Å². The number of nitrogens with zero attached hydrogens (tertiary/aromatic N) is 7. The van der Waals surface area contributed by atoms with E-state index < -0.39 is 0 Å². The second kappa shape index (κ2) is 11.3. The Hall–Kier alpha value is -4.83. The molecule has 10 nitrogen and oxygen atoms in total. The molecule has 0 bridgehead atoms. The average molecular weight is 588 g/mol. The van der Waals surface area contributed by atoms with Gasteiger partial charge in [0, 0.05) is 43.3 Å². The molecular formula is C34H37N9O. The van der Waals surface area contributed by atoms with Crippen molar-refractivity contribution in [1.29, 1.82) is 0 Å². The van der Waals surface area contributed by atoms with Crippen LogP contribution < -0.4 is 11.1 Å². The highest BCUT2D eigenvalue weighted by molar-refractivity contribution is 5.87. The Morgan fingerprint density at radius 2 is 1.93 bits per heavy atom. The second-order valence-corrected chi connectivity index (χ2v) is 12.0. The van der Waals surface area contributed by atoms with Crippen molar-refractivity contribution >= 4 is 22.9 Å². The van der Waals surface area contributed by atoms with Gasteiger partial charge in [-0.3, -0.25) is 9.36 Å². The number of piperidine rings is 1. The molecule has 10 heteroatoms. The third-order valence-corrected chi connectivity index (χ3v) is 8.89. The van der Waals surface area contributed by atoms with E-state index in [4.69, 9.17) is 20.8 Å². The van der Waals surface area contributed by atoms with Crippen LogP contribution in [0.3, 0.4) is 0 Å². The Balaban J connectivity index is 1.24. The van der Waals surface area contributed by atoms with Gasteiger partial charge in [-0.1, -0.05) is 26.5 Å². The van der Waals surface area contributed by atoms with E-state index in [9.17, 15) is 4.79 Å². The number of aryl methyl sites for hydroxylation is 1. The first-order valence-corrected chi connectivity index (χ1v) is 15.4. The zero-order valence-corrected chi connectivity index (χ0v) is 25.1. The lowest BCUT2D eigenvalue weighted by Gasteiger charge is -2.33. The Bertz CT molecular complexity index is 1860. The summed E-state index contributed by atoms with van der Waals surface area (Å²) in [5.41, 5.74) is 13.3. The molecular weight excluding hydrogens is 550 g/mol. The summed E-state index contributed by atoms with van der Waals surface area (Å²) < 4.78 is 3.91. The molecule has 44 heavy (non-hydrogen) atoms. The maximum atomic E-state index is 12.0. The van der Waals surface area contributed by atoms with Gasteiger partial charge < -0.3 is 16.0 Å². The summed E-state index contributed by atoms with van der Waals surface area (Å²) in [6.45, 7) is 9.42. The highest BCUT2D eigenvalue weighted by atomic mass is 16.2. The monoisotopic (exact) mass is 587 g/mol. The molecule has 0 radical (unpaired) electrons. The smallest absolute Gasteiger partial charge is 0.245 e. The molecule has 1 aliphatic carbocycles. The van der Waals surface area contributed by atoms with Gasteiger partial charge in [0.05, 0.1) is 11.3 Å². The lowest BCUT2D eigenvalue weighted by atomic mass is 10.0. The number of rotatable bonds is 7. The molecule has 3 N–H and O–H groups in total. The number of fused-ring (bicyclic) bond motifs is 2. The zero-order chi connectivity index (χ0) is 30.4. The molecule has 1 aromatic carbocycles. The molecule has 7 rings (SSSR count). The zero-order valence-electron chi connectivity index (χ0n) is 25.1. The summed E-state index contributed by atoms with van der Waals surface area (Å²) in [7, 11) is 0. The number of carbonyl (C=O) groups is 1. The minimum absolute atomic E-state index is 0.0215. The molecule has 0 spiro atoms. The van der Waals surface area contributed by atoms with E-state index in [-0.39, 0.29) is 5.91 Å². The molecule has 1 atom stereocenters. The van der Waals surface area contributed by atoms with Crippen LogP contribution in [0.4, 0.5) is 5.82 Å². The van der Waals surface area contributed by atoms with Gasteiger partial charge in [0.2, 0.25) is 5.91 Å². The Morgan fingerprint density at radius 3 is 2.68 bits per heavy atom. The molecule has 1 amide bonds. The number of pyridine rings is 2. The minimum Gasteiger partial charge on any atom is -0.383 e. The number of benzene rings is 1. The van der Waals surface area contributed by atoms with E-state index in [1.807, 2.05) is 46.1 Å². The van der Waals surface area contributed by atoms with Crippen molar-refractivity contribution in [2.45, 2.75) is 57.5 Å². The van der Waals surface area contributed by atoms with Crippen molar-refractivity contribution in [3.63, 3.8) is 0 Å². The lowest BCUT2D eigenvalue weighted by Crippen LogP contribution is -2.45. The summed E-state index contributed by atoms with van der Waals surface area (Å²) in [5, 5.41) is 8.64. The quantitative estimate of drug-likeness (QED) is 0.254. The maximum absolute atomic E-state index is 12.0. The number of carbonyl (C=O) groups excluding carboxylic acids is 1. The van der Waals surface area contributed by atoms with Crippen LogP contribution in [0.5, 0.6) is 0 Å². The number of nitrogens with one attached hydrogen (secondary N) is 1. The SMILES string of the molecule is C=CC(=O)N1CCC(NC2CCc3cc(-n4c(-c5cccnc5N)nc5ccc(-n6ccc(C(C)C)n6)nc54)ccc32)CC1. The van der Waals surface area contributed by atoms with Crippen LogP contribution in [0.2, 0.25) is 0 Å². The first-order chi connectivity index (χ1) is 21.4. The van der Waals surface area contributed by atoms with E-state index in [1.165, 1.54) is 17.2 Å². The number of hydrogen-bond acceptors (Lipinski definition) is 7. The van der Waals surface area contributed by atoms with Crippen molar-refractivity contribution in [3.8, 4) is 22.9 Å². The number of likely N-dealkylation sites (tertiary alicyclic amines) is 1. The predicted octanol–water partition coefficient (Wildman–Crippen LogP) is 5.13. The number of amides is 1. The van der Waals surface area contributed by atoms with Crippen LogP contribution in [0.25, 0.3) is 34.1 Å². The average Bonchev–Trinajstić information content (AvgIpc) is 3.78. The normalized spacial score (nSPS) is 17.0. The molecule has 2 aliphatic rings. The third kappa shape index (κ3) is 5.05. The summed E-state index contributed by atoms with van der Waals surface area (Å²) >= 11 is 0. The summed E-state index contributed by atoms with van der Waals surface area (Å²) in [5.74, 6) is 2.19. The van der Waals surface area contributed by atoms with Gasteiger partial charge in [-0.05, 0) is 91.3 Å². The van der Waals surface area contributed by atoms with Crippen molar-refractivity contribution in [3.05, 3.63) is 90.4 Å². The van der Waals surface area contributed by atoms with Crippen LogP contribution in [-0.4, -0.2) is 59.2 Å². The van der Waals surface area contributed by atoms with Gasteiger partial charge in [-0.15, -0.1) is 0 Å². The molecule has 1 aliphatic heterocycles. The van der Waals surface area contributed by atoms with E-state index in [0.29, 0.717) is 29.6 Å². The number of nitrogen functional groups attached to an aromatic ring is 1. The van der Waals surface area contributed by atoms with Crippen molar-refractivity contribution in [2.75, 3.05) is 18.8 Å². The first kappa shape index (κ1) is 28.0. The van der Waals surface area contributed by atoms with Crippen molar-refractivity contribution in [2.24, 2.45) is 0 Å². The van der Waals surface area contributed by atoms with Gasteiger partial charge in [-0.25, -0.2) is 19.6 Å². The van der Waals surface area contributed by atoms with E-state index in [1.54, 1.807) is 6.20 Å². The van der Waals surface area contributed by atoms with Crippen LogP contribution in [-0.2, 0) is 11.2 Å². The molecule has 224 valence electrons. The molecule has 1 unspecified atom stereocenters. The summed E-state index contributed by atoms with van der Waals surface area (Å²) in [6, 6.07) is 17.1. The number of aromatic nitrogens is 6. The molecule has 1 saturated heterocycles. The molecule has 1 fully saturated rings. The minimum atomic E-state index is 0.0215. The van der Waals surface area contributed by atoms with E-state index in [2.05, 4.69) is 53.5 Å². The Morgan fingerprint density at radius 1 is 1.09 bits per heavy atom. The number of anilines is 1.